The number of benzene rings is 4. The van der Waals surface area contributed by atoms with Crippen LogP contribution in [0.2, 0.25) is 0 Å². The Hall–Kier alpha value is -4.37. The Labute approximate surface area is 285 Å². The third kappa shape index (κ3) is 6.20. The van der Waals surface area contributed by atoms with Gasteiger partial charge in [-0.1, -0.05) is 99.8 Å². The molecule has 4 heteroatoms. The minimum absolute atomic E-state index is 0. The van der Waals surface area contributed by atoms with Crippen LogP contribution >= 0.6 is 0 Å². The Morgan fingerprint density at radius 3 is 2.11 bits per heavy atom. The molecule has 46 heavy (non-hydrogen) atoms. The second-order valence-electron chi connectivity index (χ2n) is 13.2. The van der Waals surface area contributed by atoms with E-state index >= 15 is 0 Å². The smallest absolute Gasteiger partial charge is 0.123 e. The van der Waals surface area contributed by atoms with Crippen molar-refractivity contribution in [3.8, 4) is 33.6 Å². The van der Waals surface area contributed by atoms with Crippen LogP contribution in [-0.4, -0.2) is 9.97 Å². The number of furan rings is 1. The molecule has 4 aromatic carbocycles. The van der Waals surface area contributed by atoms with E-state index in [2.05, 4.69) is 87.4 Å². The Morgan fingerprint density at radius 1 is 0.609 bits per heavy atom. The van der Waals surface area contributed by atoms with Gasteiger partial charge in [0, 0.05) is 32.5 Å². The molecule has 3 nitrogen and oxygen atoms in total. The molecule has 0 amide bonds. The molecule has 0 aliphatic heterocycles. The van der Waals surface area contributed by atoms with Gasteiger partial charge in [-0.25, -0.2) is 0 Å². The SMILES string of the molecule is CC1(C)CCC(C)(C)c2cc(-c3[c-]cc4c(c3)oc3ccccc34)ncc21.[Ir].[c-]1ccccc1-c1cc(-c2ccccc2)ccn1. The van der Waals surface area contributed by atoms with E-state index in [1.807, 2.05) is 79.0 Å². The molecule has 3 aromatic heterocycles. The fourth-order valence-corrected chi connectivity index (χ4v) is 6.35. The second-order valence-corrected chi connectivity index (χ2v) is 13.2. The van der Waals surface area contributed by atoms with Gasteiger partial charge in [-0.3, -0.25) is 0 Å². The predicted molar refractivity (Wildman–Crippen MR) is 185 cm³/mol. The van der Waals surface area contributed by atoms with E-state index in [-0.39, 0.29) is 30.9 Å². The molecule has 0 bridgehead atoms. The summed E-state index contributed by atoms with van der Waals surface area (Å²) in [6.45, 7) is 9.35. The van der Waals surface area contributed by atoms with Crippen molar-refractivity contribution in [2.24, 2.45) is 0 Å². The first-order valence-electron chi connectivity index (χ1n) is 15.6. The molecule has 0 unspecified atom stereocenters. The molecule has 1 aliphatic rings. The van der Waals surface area contributed by atoms with Crippen molar-refractivity contribution in [1.29, 1.82) is 0 Å². The minimum atomic E-state index is 0. The van der Waals surface area contributed by atoms with E-state index in [1.54, 1.807) is 0 Å². The quantitative estimate of drug-likeness (QED) is 0.168. The average Bonchev–Trinajstić information content (AvgIpc) is 3.46. The van der Waals surface area contributed by atoms with E-state index in [0.717, 1.165) is 44.5 Å². The number of rotatable bonds is 3. The first-order chi connectivity index (χ1) is 21.8. The maximum absolute atomic E-state index is 6.05. The van der Waals surface area contributed by atoms with Crippen molar-refractivity contribution in [2.45, 2.75) is 51.4 Å². The Balaban J connectivity index is 0.000000171. The van der Waals surface area contributed by atoms with Crippen molar-refractivity contribution in [2.75, 3.05) is 0 Å². The first kappa shape index (κ1) is 31.6. The molecule has 0 saturated carbocycles. The number of pyridine rings is 2. The van der Waals surface area contributed by atoms with Crippen LogP contribution in [-0.2, 0) is 30.9 Å². The van der Waals surface area contributed by atoms with Gasteiger partial charge in [0.25, 0.3) is 0 Å². The molecule has 0 saturated heterocycles. The van der Waals surface area contributed by atoms with Crippen LogP contribution in [0.25, 0.3) is 55.6 Å². The van der Waals surface area contributed by atoms with E-state index in [0.29, 0.717) is 0 Å². The number of nitrogens with zero attached hydrogens (tertiary/aromatic N) is 2. The molecular weight excluding hydrogens is 741 g/mol. The van der Waals surface area contributed by atoms with Crippen molar-refractivity contribution in [3.05, 3.63) is 145 Å². The first-order valence-corrected chi connectivity index (χ1v) is 15.6. The summed E-state index contributed by atoms with van der Waals surface area (Å²) in [7, 11) is 0. The summed E-state index contributed by atoms with van der Waals surface area (Å²) in [5.74, 6) is 0. The molecular formula is C42H36IrN2O-2. The van der Waals surface area contributed by atoms with Gasteiger partial charge in [0.15, 0.2) is 0 Å². The van der Waals surface area contributed by atoms with Gasteiger partial charge in [0.1, 0.15) is 5.58 Å². The maximum atomic E-state index is 6.05. The summed E-state index contributed by atoms with van der Waals surface area (Å²) in [6, 6.07) is 43.5. The zero-order chi connectivity index (χ0) is 31.0. The third-order valence-electron chi connectivity index (χ3n) is 9.18. The van der Waals surface area contributed by atoms with E-state index in [9.17, 15) is 0 Å². The zero-order valence-electron chi connectivity index (χ0n) is 26.6. The van der Waals surface area contributed by atoms with Crippen LogP contribution < -0.4 is 0 Å². The fourth-order valence-electron chi connectivity index (χ4n) is 6.35. The van der Waals surface area contributed by atoms with Gasteiger partial charge < -0.3 is 14.4 Å². The van der Waals surface area contributed by atoms with Crippen LogP contribution in [0.3, 0.4) is 0 Å². The van der Waals surface area contributed by atoms with Gasteiger partial charge in [0.2, 0.25) is 0 Å². The molecule has 0 fully saturated rings. The molecule has 7 aromatic rings. The van der Waals surface area contributed by atoms with Gasteiger partial charge in [-0.2, -0.15) is 0 Å². The largest absolute Gasteiger partial charge is 0.476 e. The maximum Gasteiger partial charge on any atom is 0.123 e. The normalized spacial score (nSPS) is 14.5. The third-order valence-corrected chi connectivity index (χ3v) is 9.18. The van der Waals surface area contributed by atoms with Crippen molar-refractivity contribution in [3.63, 3.8) is 0 Å². The Morgan fingerprint density at radius 2 is 1.33 bits per heavy atom. The summed E-state index contributed by atoms with van der Waals surface area (Å²) in [4.78, 5) is 9.22. The Kier molecular flexibility index (Phi) is 8.79. The summed E-state index contributed by atoms with van der Waals surface area (Å²) >= 11 is 0. The van der Waals surface area contributed by atoms with Gasteiger partial charge in [0.05, 0.1) is 5.58 Å². The molecule has 8 rings (SSSR count). The van der Waals surface area contributed by atoms with E-state index in [4.69, 9.17) is 9.40 Å². The number of hydrogen-bond acceptors (Lipinski definition) is 3. The summed E-state index contributed by atoms with van der Waals surface area (Å²) in [5.41, 5.74) is 11.3. The van der Waals surface area contributed by atoms with Crippen LogP contribution in [0.15, 0.2) is 126 Å². The number of fused-ring (bicyclic) bond motifs is 4. The number of aromatic nitrogens is 2. The van der Waals surface area contributed by atoms with Crippen LogP contribution in [0.5, 0.6) is 0 Å². The summed E-state index contributed by atoms with van der Waals surface area (Å²) < 4.78 is 6.05. The van der Waals surface area contributed by atoms with E-state index in [1.165, 1.54) is 35.1 Å². The van der Waals surface area contributed by atoms with Crippen LogP contribution in [0, 0.1) is 12.1 Å². The molecule has 3 heterocycles. The van der Waals surface area contributed by atoms with Crippen molar-refractivity contribution >= 4 is 21.9 Å². The zero-order valence-corrected chi connectivity index (χ0v) is 29.0. The van der Waals surface area contributed by atoms with Gasteiger partial charge in [-0.05, 0) is 74.8 Å². The van der Waals surface area contributed by atoms with Crippen LogP contribution in [0.1, 0.15) is 51.7 Å². The van der Waals surface area contributed by atoms with Gasteiger partial charge in [-0.15, -0.1) is 53.6 Å². The topological polar surface area (TPSA) is 38.9 Å². The Bertz CT molecular complexity index is 2060. The van der Waals surface area contributed by atoms with Crippen molar-refractivity contribution < 1.29 is 24.5 Å². The van der Waals surface area contributed by atoms with Crippen LogP contribution in [0.4, 0.5) is 0 Å². The molecule has 0 atom stereocenters. The molecule has 1 radical (unpaired) electrons. The van der Waals surface area contributed by atoms with Crippen molar-refractivity contribution in [1.82, 2.24) is 9.97 Å². The summed E-state index contributed by atoms with van der Waals surface area (Å²) in [6.07, 6.45) is 6.33. The predicted octanol–water partition coefficient (Wildman–Crippen LogP) is 11.0. The molecule has 0 N–H and O–H groups in total. The number of para-hydroxylation sites is 1. The summed E-state index contributed by atoms with van der Waals surface area (Å²) in [5, 5.41) is 2.24. The number of hydrogen-bond donors (Lipinski definition) is 0. The molecule has 231 valence electrons. The monoisotopic (exact) mass is 777 g/mol. The average molecular weight is 777 g/mol. The minimum Gasteiger partial charge on any atom is -0.476 e. The van der Waals surface area contributed by atoms with E-state index < -0.39 is 0 Å². The second kappa shape index (κ2) is 12.8. The van der Waals surface area contributed by atoms with Gasteiger partial charge >= 0.3 is 0 Å². The standard InChI is InChI=1S/C25H24NO.C17H12N.Ir/c1-24(2)11-12-25(3,4)20-15-26-21(14-19(20)24)16-9-10-18-17-7-5-6-8-22(17)27-23(18)13-16;1-3-7-14(8-4-1)16-11-12-18-17(13-16)15-9-5-2-6-10-15;/h5-8,10,13-15H,11-12H2,1-4H3;1-9,11-13H;/q2*-1;. The fraction of sp³-hybridized carbons (Fsp3) is 0.190. The molecule has 0 spiro atoms. The molecule has 1 aliphatic carbocycles.